The van der Waals surface area contributed by atoms with Gasteiger partial charge in [0.25, 0.3) is 0 Å². The molecule has 0 amide bonds. The fourth-order valence-corrected chi connectivity index (χ4v) is 0.177. The summed E-state index contributed by atoms with van der Waals surface area (Å²) in [5.41, 5.74) is 0. The van der Waals surface area contributed by atoms with E-state index in [1.165, 1.54) is 6.42 Å². The molecule has 0 spiro atoms. The van der Waals surface area contributed by atoms with Gasteiger partial charge in [0.05, 0.1) is 0 Å². The molecule has 0 aromatic heterocycles. The molecule has 0 aliphatic carbocycles. The second-order valence-corrected chi connectivity index (χ2v) is 1.06. The normalized spacial score (nSPS) is 7.00. The van der Waals surface area contributed by atoms with Gasteiger partial charge in [-0.15, -0.1) is 6.42 Å². The molecule has 0 rings (SSSR count). The minimum absolute atomic E-state index is 0. The van der Waals surface area contributed by atoms with Crippen molar-refractivity contribution < 1.29 is 0 Å². The van der Waals surface area contributed by atoms with Crippen LogP contribution in [0.5, 0.6) is 0 Å². The number of unbranched alkanes of at least 4 members (excludes halogenated alkanes) is 2. The van der Waals surface area contributed by atoms with Gasteiger partial charge >= 0.3 is 48.9 Å². The van der Waals surface area contributed by atoms with E-state index in [4.69, 9.17) is 0 Å². The molecule has 0 aromatic carbocycles. The molecule has 0 N–H and O–H groups in total. The monoisotopic (exact) mass is 208 g/mol. The van der Waals surface area contributed by atoms with Gasteiger partial charge in [0.1, 0.15) is 0 Å². The zero-order chi connectivity index (χ0) is 4.12. The number of hydrogen-bond donors (Lipinski definition) is 0. The molecule has 0 nitrogen and oxygen atoms in total. The minimum Gasteiger partial charge on any atom is -0.343 e. The third-order valence-electron chi connectivity index (χ3n) is 0.500. The van der Waals surface area contributed by atoms with Crippen molar-refractivity contribution in [3.63, 3.8) is 0 Å². The van der Waals surface area contributed by atoms with Crippen LogP contribution in [0.2, 0.25) is 0 Å². The minimum atomic E-state index is 0. The summed E-state index contributed by atoms with van der Waals surface area (Å²) in [4.78, 5) is 0. The van der Waals surface area contributed by atoms with Crippen LogP contribution >= 0.6 is 0 Å². The van der Waals surface area contributed by atoms with Gasteiger partial charge < -0.3 is 13.8 Å². The Balaban J connectivity index is 0. The van der Waals surface area contributed by atoms with Crippen LogP contribution in [-0.4, -0.2) is 48.9 Å². The molecule has 1 heteroatoms. The van der Waals surface area contributed by atoms with Crippen molar-refractivity contribution in [2.24, 2.45) is 0 Å². The summed E-state index contributed by atoms with van der Waals surface area (Å²) < 4.78 is 0. The Morgan fingerprint density at radius 1 is 1.00 bits per heavy atom. The second-order valence-electron chi connectivity index (χ2n) is 1.06. The third kappa shape index (κ3) is 9.13. The smallest absolute Gasteiger partial charge is 0.343 e. The molecule has 32 valence electrons. The van der Waals surface area contributed by atoms with Crippen molar-refractivity contribution in [2.75, 3.05) is 0 Å². The van der Waals surface area contributed by atoms with E-state index in [-0.39, 0.29) is 48.9 Å². The van der Waals surface area contributed by atoms with Gasteiger partial charge in [-0.3, -0.25) is 0 Å². The summed E-state index contributed by atoms with van der Waals surface area (Å²) in [6, 6.07) is 0. The Labute approximate surface area is 80.8 Å². The summed E-state index contributed by atoms with van der Waals surface area (Å²) in [5, 5.41) is 0. The Hall–Kier alpha value is 1.57. The van der Waals surface area contributed by atoms with Crippen LogP contribution in [0.4, 0.5) is 0 Å². The fourth-order valence-electron chi connectivity index (χ4n) is 0.177. The fraction of sp³-hybridized carbons (Fsp3) is 0.600. The van der Waals surface area contributed by atoms with E-state index in [9.17, 15) is 0 Å². The molecule has 0 aromatic rings. The summed E-state index contributed by atoms with van der Waals surface area (Å²) in [5.74, 6) is 0. The topological polar surface area (TPSA) is 0 Å². The van der Waals surface area contributed by atoms with Crippen LogP contribution in [-0.2, 0) is 0 Å². The molecule has 0 atom stereocenters. The maximum atomic E-state index is 3.64. The van der Waals surface area contributed by atoms with Crippen LogP contribution in [0.15, 0.2) is 0 Å². The summed E-state index contributed by atoms with van der Waals surface area (Å²) in [6.07, 6.45) is 3.23. The van der Waals surface area contributed by atoms with Gasteiger partial charge in [0, 0.05) is 0 Å². The van der Waals surface area contributed by atoms with Crippen molar-refractivity contribution in [3.05, 3.63) is 13.8 Å². The molecular weight excluding hydrogens is 197 g/mol. The molecule has 0 aliphatic heterocycles. The van der Waals surface area contributed by atoms with Crippen LogP contribution < -0.4 is 0 Å². The average molecular weight is 207 g/mol. The van der Waals surface area contributed by atoms with Crippen molar-refractivity contribution in [2.45, 2.75) is 19.3 Å². The number of hydrogen-bond acceptors (Lipinski definition) is 0. The summed E-state index contributed by atoms with van der Waals surface area (Å²) >= 11 is 0. The van der Waals surface area contributed by atoms with Gasteiger partial charge in [-0.1, -0.05) is 0 Å². The number of rotatable bonds is 2. The van der Waals surface area contributed by atoms with Crippen molar-refractivity contribution in [1.82, 2.24) is 0 Å². The molecule has 0 unspecified atom stereocenters. The van der Waals surface area contributed by atoms with Gasteiger partial charge in [-0.25, -0.2) is 0 Å². The molecule has 0 fully saturated rings. The first kappa shape index (κ1) is 10.5. The zero-order valence-electron chi connectivity index (χ0n) is 4.24. The molecule has 0 saturated carbocycles. The Morgan fingerprint density at radius 2 is 1.33 bits per heavy atom. The first-order valence-electron chi connectivity index (χ1n) is 2.00. The van der Waals surface area contributed by atoms with Crippen molar-refractivity contribution in [1.29, 1.82) is 0 Å². The summed E-state index contributed by atoms with van der Waals surface area (Å²) in [7, 11) is 0. The first-order chi connectivity index (χ1) is 2.41. The average Bonchev–Trinajstić information content (AvgIpc) is 1.41. The molecule has 0 saturated heterocycles. The summed E-state index contributed by atoms with van der Waals surface area (Å²) in [6.45, 7) is 7.27. The Morgan fingerprint density at radius 3 is 1.33 bits per heavy atom. The predicted octanol–water partition coefficient (Wildman–Crippen LogP) is 1.44. The van der Waals surface area contributed by atoms with Crippen molar-refractivity contribution >= 4 is 48.9 Å². The van der Waals surface area contributed by atoms with E-state index in [0.29, 0.717) is 0 Å². The second kappa shape index (κ2) is 9.76. The maximum absolute atomic E-state index is 3.64. The van der Waals surface area contributed by atoms with Crippen LogP contribution in [0.3, 0.4) is 0 Å². The zero-order valence-corrected chi connectivity index (χ0v) is 8.68. The SMILES string of the molecule is [Ba+2].[CH2-]CCC[CH2-]. The van der Waals surface area contributed by atoms with Gasteiger partial charge in [-0.2, -0.15) is 12.8 Å². The Bertz CT molecular complexity index is 11.4. The Kier molecular flexibility index (Phi) is 17.1. The van der Waals surface area contributed by atoms with Crippen LogP contribution in [0.1, 0.15) is 19.3 Å². The molecule has 6 heavy (non-hydrogen) atoms. The molecule has 0 aliphatic rings. The molecule has 0 heterocycles. The van der Waals surface area contributed by atoms with E-state index in [2.05, 4.69) is 13.8 Å². The quantitative estimate of drug-likeness (QED) is 0.475. The molecule has 0 bridgehead atoms. The van der Waals surface area contributed by atoms with Crippen LogP contribution in [0, 0.1) is 13.8 Å². The maximum Gasteiger partial charge on any atom is 2.00 e. The molecular formula is C5H10Ba. The predicted molar refractivity (Wildman–Crippen MR) is 30.3 cm³/mol. The van der Waals surface area contributed by atoms with Crippen LogP contribution in [0.25, 0.3) is 0 Å². The van der Waals surface area contributed by atoms with Gasteiger partial charge in [0.15, 0.2) is 0 Å². The standard InChI is InChI=1S/C5H10.Ba/c1-3-5-4-2;/h1-5H2;/q-2;+2. The van der Waals surface area contributed by atoms with E-state index < -0.39 is 0 Å². The van der Waals surface area contributed by atoms with Gasteiger partial charge in [-0.05, 0) is 0 Å². The van der Waals surface area contributed by atoms with Crippen molar-refractivity contribution in [3.8, 4) is 0 Å². The molecule has 0 radical (unpaired) electrons. The van der Waals surface area contributed by atoms with E-state index >= 15 is 0 Å². The van der Waals surface area contributed by atoms with E-state index in [1.54, 1.807) is 0 Å². The van der Waals surface area contributed by atoms with E-state index in [1.807, 2.05) is 0 Å². The largest absolute Gasteiger partial charge is 2.00 e. The first-order valence-corrected chi connectivity index (χ1v) is 2.00. The van der Waals surface area contributed by atoms with E-state index in [0.717, 1.165) is 12.8 Å². The third-order valence-corrected chi connectivity index (χ3v) is 0.500. The van der Waals surface area contributed by atoms with Gasteiger partial charge in [0.2, 0.25) is 0 Å².